The van der Waals surface area contributed by atoms with Crippen LogP contribution in [0.2, 0.25) is 0 Å². The third kappa shape index (κ3) is 3.65. The Balaban J connectivity index is 1.06. The predicted molar refractivity (Wildman–Crippen MR) is 169 cm³/mol. The Morgan fingerprint density at radius 2 is 0.975 bits per heavy atom. The van der Waals surface area contributed by atoms with Gasteiger partial charge in [-0.3, -0.25) is 0 Å². The summed E-state index contributed by atoms with van der Waals surface area (Å²) in [6.07, 6.45) is 0. The quantitative estimate of drug-likeness (QED) is 0.250. The molecule has 2 heteroatoms. The third-order valence-corrected chi connectivity index (χ3v) is 8.02. The molecule has 188 valence electrons. The lowest BCUT2D eigenvalue weighted by molar-refractivity contribution is 0.669. The van der Waals surface area contributed by atoms with Gasteiger partial charge in [0.05, 0.1) is 0 Å². The average Bonchev–Trinajstić information content (AvgIpc) is 3.58. The summed E-state index contributed by atoms with van der Waals surface area (Å²) in [5, 5.41) is 4.80. The lowest BCUT2D eigenvalue weighted by atomic mass is 9.94. The molecule has 0 atom stereocenters. The highest BCUT2D eigenvalue weighted by Crippen LogP contribution is 2.34. The SMILES string of the molecule is C=C(c1ccc(-c2ccc3[nH]c4ccccc4c3c2)cc1)c1ccc(-c2ccc3oc4ccccc4c3c2)cc1. The summed E-state index contributed by atoms with van der Waals surface area (Å²) in [5.41, 5.74) is 12.2. The van der Waals surface area contributed by atoms with E-state index in [0.717, 1.165) is 44.2 Å². The number of fused-ring (bicyclic) bond motifs is 6. The van der Waals surface area contributed by atoms with Crippen LogP contribution in [-0.4, -0.2) is 4.98 Å². The van der Waals surface area contributed by atoms with Crippen molar-refractivity contribution in [3.63, 3.8) is 0 Å². The average molecular weight is 512 g/mol. The predicted octanol–water partition coefficient (Wildman–Crippen LogP) is 10.6. The normalized spacial score (nSPS) is 11.6. The molecule has 0 spiro atoms. The van der Waals surface area contributed by atoms with Crippen LogP contribution in [0.4, 0.5) is 0 Å². The van der Waals surface area contributed by atoms with E-state index in [1.165, 1.54) is 38.5 Å². The Morgan fingerprint density at radius 1 is 0.450 bits per heavy atom. The monoisotopic (exact) mass is 511 g/mol. The number of furan rings is 1. The van der Waals surface area contributed by atoms with Crippen LogP contribution < -0.4 is 0 Å². The van der Waals surface area contributed by atoms with Crippen molar-refractivity contribution < 1.29 is 4.42 Å². The largest absolute Gasteiger partial charge is 0.456 e. The molecular weight excluding hydrogens is 486 g/mol. The molecule has 0 bridgehead atoms. The van der Waals surface area contributed by atoms with Crippen LogP contribution in [0, 0.1) is 0 Å². The van der Waals surface area contributed by atoms with Crippen molar-refractivity contribution in [3.8, 4) is 22.3 Å². The first-order valence-electron chi connectivity index (χ1n) is 13.5. The molecule has 0 aliphatic carbocycles. The molecule has 0 radical (unpaired) electrons. The first-order chi connectivity index (χ1) is 19.7. The van der Waals surface area contributed by atoms with Crippen LogP contribution in [0.5, 0.6) is 0 Å². The molecular formula is C38H25NO. The standard InChI is InChI=1S/C38H25NO/c1-24(25-10-14-27(15-11-25)29-18-20-36-33(22-29)31-6-2-4-8-35(31)39-36)26-12-16-28(17-13-26)30-19-21-38-34(23-30)32-7-3-5-9-37(32)40-38/h2-23,39H,1H2. The van der Waals surface area contributed by atoms with E-state index in [2.05, 4.69) is 133 Å². The van der Waals surface area contributed by atoms with E-state index in [4.69, 9.17) is 4.42 Å². The second-order valence-electron chi connectivity index (χ2n) is 10.4. The summed E-state index contributed by atoms with van der Waals surface area (Å²) >= 11 is 0. The maximum absolute atomic E-state index is 6.00. The Labute approximate surface area is 231 Å². The van der Waals surface area contributed by atoms with Crippen molar-refractivity contribution in [1.82, 2.24) is 4.98 Å². The third-order valence-electron chi connectivity index (χ3n) is 8.02. The van der Waals surface area contributed by atoms with E-state index in [0.29, 0.717) is 0 Å². The zero-order valence-electron chi connectivity index (χ0n) is 21.8. The van der Waals surface area contributed by atoms with Crippen LogP contribution in [0.1, 0.15) is 11.1 Å². The van der Waals surface area contributed by atoms with Gasteiger partial charge in [0.2, 0.25) is 0 Å². The fourth-order valence-electron chi connectivity index (χ4n) is 5.83. The number of aromatic nitrogens is 1. The summed E-state index contributed by atoms with van der Waals surface area (Å²) in [4.78, 5) is 3.51. The van der Waals surface area contributed by atoms with Crippen molar-refractivity contribution in [2.75, 3.05) is 0 Å². The van der Waals surface area contributed by atoms with Gasteiger partial charge in [-0.15, -0.1) is 0 Å². The van der Waals surface area contributed by atoms with E-state index in [9.17, 15) is 0 Å². The molecule has 1 N–H and O–H groups in total. The zero-order valence-corrected chi connectivity index (χ0v) is 21.8. The zero-order chi connectivity index (χ0) is 26.6. The van der Waals surface area contributed by atoms with Gasteiger partial charge in [-0.05, 0) is 75.4 Å². The molecule has 0 saturated heterocycles. The fraction of sp³-hybridized carbons (Fsp3) is 0. The topological polar surface area (TPSA) is 28.9 Å². The molecule has 0 aliphatic heterocycles. The van der Waals surface area contributed by atoms with Crippen molar-refractivity contribution in [2.24, 2.45) is 0 Å². The van der Waals surface area contributed by atoms with Gasteiger partial charge in [-0.2, -0.15) is 0 Å². The summed E-state index contributed by atoms with van der Waals surface area (Å²) in [5.74, 6) is 0. The Kier molecular flexibility index (Phi) is 5.01. The van der Waals surface area contributed by atoms with Gasteiger partial charge in [0.15, 0.2) is 0 Å². The van der Waals surface area contributed by atoms with Gasteiger partial charge in [0.25, 0.3) is 0 Å². The van der Waals surface area contributed by atoms with Gasteiger partial charge >= 0.3 is 0 Å². The first-order valence-corrected chi connectivity index (χ1v) is 13.5. The van der Waals surface area contributed by atoms with Gasteiger partial charge < -0.3 is 9.40 Å². The van der Waals surface area contributed by atoms with Crippen LogP contribution in [0.3, 0.4) is 0 Å². The Morgan fingerprint density at radius 3 is 1.70 bits per heavy atom. The molecule has 0 aliphatic rings. The lowest BCUT2D eigenvalue weighted by Crippen LogP contribution is -1.88. The molecule has 0 amide bonds. The number of para-hydroxylation sites is 2. The van der Waals surface area contributed by atoms with Crippen molar-refractivity contribution in [2.45, 2.75) is 0 Å². The van der Waals surface area contributed by atoms with Gasteiger partial charge in [-0.25, -0.2) is 0 Å². The Bertz CT molecular complexity index is 2050. The highest BCUT2D eigenvalue weighted by Gasteiger charge is 2.10. The van der Waals surface area contributed by atoms with Crippen molar-refractivity contribution in [1.29, 1.82) is 0 Å². The minimum atomic E-state index is 0.916. The molecule has 40 heavy (non-hydrogen) atoms. The van der Waals surface area contributed by atoms with Crippen LogP contribution in [0.15, 0.2) is 144 Å². The molecule has 0 fully saturated rings. The Hall–Kier alpha value is -5.34. The van der Waals surface area contributed by atoms with Gasteiger partial charge in [-0.1, -0.05) is 104 Å². The van der Waals surface area contributed by atoms with Crippen molar-refractivity contribution >= 4 is 49.3 Å². The number of nitrogens with one attached hydrogen (secondary N) is 1. The highest BCUT2D eigenvalue weighted by atomic mass is 16.3. The summed E-state index contributed by atoms with van der Waals surface area (Å²) in [6, 6.07) is 47.1. The number of H-pyrrole nitrogens is 1. The second-order valence-corrected chi connectivity index (χ2v) is 10.4. The molecule has 2 aromatic heterocycles. The number of rotatable bonds is 4. The van der Waals surface area contributed by atoms with E-state index in [1.54, 1.807) is 0 Å². The highest BCUT2D eigenvalue weighted by molar-refractivity contribution is 6.08. The number of benzene rings is 6. The number of aromatic amines is 1. The molecule has 8 rings (SSSR count). The number of hydrogen-bond donors (Lipinski definition) is 1. The lowest BCUT2D eigenvalue weighted by Gasteiger charge is -2.10. The van der Waals surface area contributed by atoms with E-state index >= 15 is 0 Å². The fourth-order valence-corrected chi connectivity index (χ4v) is 5.83. The van der Waals surface area contributed by atoms with Crippen LogP contribution in [-0.2, 0) is 0 Å². The minimum Gasteiger partial charge on any atom is -0.456 e. The van der Waals surface area contributed by atoms with Gasteiger partial charge in [0.1, 0.15) is 11.2 Å². The molecule has 8 aromatic rings. The molecule has 6 aromatic carbocycles. The van der Waals surface area contributed by atoms with Crippen molar-refractivity contribution in [3.05, 3.63) is 151 Å². The molecule has 0 saturated carbocycles. The van der Waals surface area contributed by atoms with E-state index < -0.39 is 0 Å². The first kappa shape index (κ1) is 22.6. The maximum Gasteiger partial charge on any atom is 0.135 e. The number of hydrogen-bond acceptors (Lipinski definition) is 1. The molecule has 0 unspecified atom stereocenters. The minimum absolute atomic E-state index is 0.916. The van der Waals surface area contributed by atoms with Gasteiger partial charge in [0, 0.05) is 32.6 Å². The van der Waals surface area contributed by atoms with E-state index in [-0.39, 0.29) is 0 Å². The molecule has 2 heterocycles. The van der Waals surface area contributed by atoms with E-state index in [1.807, 2.05) is 12.1 Å². The maximum atomic E-state index is 6.00. The molecule has 2 nitrogen and oxygen atoms in total. The smallest absolute Gasteiger partial charge is 0.135 e. The summed E-state index contributed by atoms with van der Waals surface area (Å²) < 4.78 is 6.00. The summed E-state index contributed by atoms with van der Waals surface area (Å²) in [7, 11) is 0. The second kappa shape index (κ2) is 8.86. The van der Waals surface area contributed by atoms with Crippen LogP contribution >= 0.6 is 0 Å². The summed E-state index contributed by atoms with van der Waals surface area (Å²) in [6.45, 7) is 4.42. The van der Waals surface area contributed by atoms with Crippen LogP contribution in [0.25, 0.3) is 71.6 Å².